The summed E-state index contributed by atoms with van der Waals surface area (Å²) >= 11 is 0. The normalized spacial score (nSPS) is 17.2. The second-order valence-electron chi connectivity index (χ2n) is 8.23. The molecule has 0 aliphatic carbocycles. The van der Waals surface area contributed by atoms with Crippen LogP contribution in [-0.2, 0) is 7.05 Å². The van der Waals surface area contributed by atoms with Crippen molar-refractivity contribution >= 4 is 28.2 Å². The number of rotatable bonds is 4. The van der Waals surface area contributed by atoms with Crippen LogP contribution < -0.4 is 5.32 Å². The number of aryl methyl sites for hydroxylation is 1. The zero-order chi connectivity index (χ0) is 20.9. The highest BCUT2D eigenvalue weighted by molar-refractivity contribution is 5.83. The number of nitrogens with zero attached hydrogens (tertiary/aromatic N) is 8. The van der Waals surface area contributed by atoms with Crippen LogP contribution in [-0.4, -0.2) is 59.2 Å². The van der Waals surface area contributed by atoms with Crippen molar-refractivity contribution in [1.82, 2.24) is 39.1 Å². The number of fused-ring (bicyclic) bond motifs is 2. The maximum atomic E-state index is 4.72. The minimum absolute atomic E-state index is 0.420. The summed E-state index contributed by atoms with van der Waals surface area (Å²) in [6.07, 6.45) is 7.01. The van der Waals surface area contributed by atoms with E-state index in [4.69, 9.17) is 5.10 Å². The molecule has 31 heavy (non-hydrogen) atoms. The minimum atomic E-state index is 0.420. The summed E-state index contributed by atoms with van der Waals surface area (Å²) in [6.45, 7) is 2.13. The molecule has 156 valence electrons. The summed E-state index contributed by atoms with van der Waals surface area (Å²) in [5, 5.41) is 18.1. The molecule has 6 rings (SSSR count). The molecule has 0 radical (unpaired) electrons. The van der Waals surface area contributed by atoms with Crippen LogP contribution in [0.4, 0.5) is 11.6 Å². The van der Waals surface area contributed by atoms with Crippen LogP contribution in [0.2, 0.25) is 0 Å². The maximum absolute atomic E-state index is 4.72. The van der Waals surface area contributed by atoms with Crippen LogP contribution in [0.3, 0.4) is 0 Å². The van der Waals surface area contributed by atoms with Crippen molar-refractivity contribution in [1.29, 1.82) is 0 Å². The van der Waals surface area contributed by atoms with Gasteiger partial charge in [-0.25, -0.2) is 4.52 Å². The van der Waals surface area contributed by atoms with Crippen LogP contribution in [0.25, 0.3) is 27.8 Å². The van der Waals surface area contributed by atoms with E-state index < -0.39 is 0 Å². The van der Waals surface area contributed by atoms with E-state index in [2.05, 4.69) is 50.6 Å². The number of likely N-dealkylation sites (N-methyl/N-ethyl adjacent to an activating group) is 1. The Kier molecular flexibility index (Phi) is 4.03. The van der Waals surface area contributed by atoms with Crippen LogP contribution in [0.15, 0.2) is 55.0 Å². The van der Waals surface area contributed by atoms with Crippen LogP contribution in [0.1, 0.15) is 12.5 Å². The van der Waals surface area contributed by atoms with E-state index in [-0.39, 0.29) is 0 Å². The van der Waals surface area contributed by atoms with Crippen LogP contribution in [0, 0.1) is 0 Å². The fourth-order valence-corrected chi connectivity index (χ4v) is 4.34. The number of aromatic nitrogens is 7. The predicted octanol–water partition coefficient (Wildman–Crippen LogP) is 3.10. The first-order valence-electron chi connectivity index (χ1n) is 10.4. The van der Waals surface area contributed by atoms with E-state index in [0.29, 0.717) is 12.0 Å². The molecule has 5 aromatic rings. The summed E-state index contributed by atoms with van der Waals surface area (Å²) in [6, 6.07) is 12.7. The maximum Gasteiger partial charge on any atom is 0.247 e. The Morgan fingerprint density at radius 1 is 1.06 bits per heavy atom. The molecule has 1 aromatic carbocycles. The van der Waals surface area contributed by atoms with Gasteiger partial charge in [0.15, 0.2) is 5.65 Å². The van der Waals surface area contributed by atoms with Crippen molar-refractivity contribution in [3.63, 3.8) is 0 Å². The third-order valence-corrected chi connectivity index (χ3v) is 5.87. The summed E-state index contributed by atoms with van der Waals surface area (Å²) in [5.74, 6) is 0.554. The topological polar surface area (TPSA) is 81.1 Å². The highest BCUT2D eigenvalue weighted by Gasteiger charge is 2.21. The molecule has 1 saturated heterocycles. The average Bonchev–Trinajstić information content (AvgIpc) is 3.52. The van der Waals surface area contributed by atoms with Gasteiger partial charge in [-0.3, -0.25) is 9.36 Å². The van der Waals surface area contributed by atoms with Gasteiger partial charge in [0.25, 0.3) is 0 Å². The van der Waals surface area contributed by atoms with E-state index in [1.54, 1.807) is 0 Å². The summed E-state index contributed by atoms with van der Waals surface area (Å²) in [5.41, 5.74) is 4.71. The molecule has 1 fully saturated rings. The van der Waals surface area contributed by atoms with E-state index in [1.165, 1.54) is 0 Å². The first-order valence-corrected chi connectivity index (χ1v) is 10.4. The van der Waals surface area contributed by atoms with Crippen molar-refractivity contribution in [2.45, 2.75) is 12.5 Å². The Morgan fingerprint density at radius 3 is 2.87 bits per heavy atom. The number of hydrogen-bond acceptors (Lipinski definition) is 6. The lowest BCUT2D eigenvalue weighted by atomic mass is 10.1. The monoisotopic (exact) mass is 413 g/mol. The number of anilines is 2. The van der Waals surface area contributed by atoms with Crippen LogP contribution in [0.5, 0.6) is 0 Å². The first-order chi connectivity index (χ1) is 15.1. The fraction of sp³-hybridized carbons (Fsp3) is 0.273. The Morgan fingerprint density at radius 2 is 2.00 bits per heavy atom. The predicted molar refractivity (Wildman–Crippen MR) is 119 cm³/mol. The molecule has 1 aliphatic rings. The molecule has 1 N–H and O–H groups in total. The number of likely N-dealkylation sites (tertiary alicyclic amines) is 1. The summed E-state index contributed by atoms with van der Waals surface area (Å²) in [4.78, 5) is 6.99. The second kappa shape index (κ2) is 6.92. The van der Waals surface area contributed by atoms with Gasteiger partial charge < -0.3 is 10.2 Å². The minimum Gasteiger partial charge on any atom is -0.320 e. The molecule has 5 heterocycles. The van der Waals surface area contributed by atoms with Crippen molar-refractivity contribution in [2.75, 3.05) is 25.5 Å². The van der Waals surface area contributed by atoms with Gasteiger partial charge in [0.2, 0.25) is 5.95 Å². The Bertz CT molecular complexity index is 1390. The lowest BCUT2D eigenvalue weighted by Crippen LogP contribution is -2.16. The van der Waals surface area contributed by atoms with Gasteiger partial charge in [-0.15, -0.1) is 5.10 Å². The second-order valence-corrected chi connectivity index (χ2v) is 8.23. The van der Waals surface area contributed by atoms with Gasteiger partial charge in [-0.2, -0.15) is 15.2 Å². The lowest BCUT2D eigenvalue weighted by molar-refractivity contribution is 0.382. The van der Waals surface area contributed by atoms with E-state index >= 15 is 0 Å². The molecule has 0 bridgehead atoms. The van der Waals surface area contributed by atoms with Crippen molar-refractivity contribution < 1.29 is 0 Å². The molecule has 0 spiro atoms. The summed E-state index contributed by atoms with van der Waals surface area (Å²) < 4.78 is 5.74. The number of nitrogens with one attached hydrogen (secondary N) is 1. The molecule has 1 unspecified atom stereocenters. The molecular formula is C22H23N9. The zero-order valence-corrected chi connectivity index (χ0v) is 17.5. The van der Waals surface area contributed by atoms with Gasteiger partial charge in [-0.05, 0) is 44.3 Å². The Hall–Kier alpha value is -3.72. The third-order valence-electron chi connectivity index (χ3n) is 5.87. The van der Waals surface area contributed by atoms with Gasteiger partial charge in [0, 0.05) is 36.9 Å². The van der Waals surface area contributed by atoms with Crippen molar-refractivity contribution in [3.8, 4) is 11.3 Å². The van der Waals surface area contributed by atoms with E-state index in [0.717, 1.165) is 53.0 Å². The lowest BCUT2D eigenvalue weighted by Gasteiger charge is -2.10. The van der Waals surface area contributed by atoms with Crippen LogP contribution >= 0.6 is 0 Å². The first kappa shape index (κ1) is 18.1. The number of benzene rings is 1. The highest BCUT2D eigenvalue weighted by Crippen LogP contribution is 2.26. The van der Waals surface area contributed by atoms with Gasteiger partial charge in [-0.1, -0.05) is 12.1 Å². The number of hydrogen-bond donors (Lipinski definition) is 1. The molecule has 9 nitrogen and oxygen atoms in total. The smallest absolute Gasteiger partial charge is 0.247 e. The standard InChI is InChI=1S/C22H23N9/c1-28-9-8-18(14-28)30-13-17(11-23-30)24-22-25-21-5-3-4-20(31(21)27-22)15-6-7-19-16(10-15)12-29(2)26-19/h3-7,10-13,18H,8-9,14H2,1-2H3,(H,24,27). The molecule has 1 atom stereocenters. The quantitative estimate of drug-likeness (QED) is 0.488. The highest BCUT2D eigenvalue weighted by atomic mass is 15.4. The molecule has 1 aliphatic heterocycles. The molecule has 4 aromatic heterocycles. The van der Waals surface area contributed by atoms with Crippen molar-refractivity contribution in [3.05, 3.63) is 55.0 Å². The largest absolute Gasteiger partial charge is 0.320 e. The summed E-state index contributed by atoms with van der Waals surface area (Å²) in [7, 11) is 4.08. The molecule has 0 amide bonds. The van der Waals surface area contributed by atoms with Crippen molar-refractivity contribution in [2.24, 2.45) is 7.05 Å². The Labute approximate surface area is 178 Å². The molecule has 0 saturated carbocycles. The average molecular weight is 413 g/mol. The molecule has 9 heteroatoms. The van der Waals surface area contributed by atoms with Gasteiger partial charge in [0.05, 0.1) is 29.1 Å². The SMILES string of the molecule is CN1CCC(n2cc(Nc3nc4cccc(-c5ccc6nn(C)cc6c5)n4n3)cn2)C1. The van der Waals surface area contributed by atoms with E-state index in [9.17, 15) is 0 Å². The zero-order valence-electron chi connectivity index (χ0n) is 17.5. The van der Waals surface area contributed by atoms with E-state index in [1.807, 2.05) is 57.7 Å². The van der Waals surface area contributed by atoms with Gasteiger partial charge >= 0.3 is 0 Å². The molecular weight excluding hydrogens is 390 g/mol. The number of pyridine rings is 1. The fourth-order valence-electron chi connectivity index (χ4n) is 4.34. The Balaban J connectivity index is 1.31. The third kappa shape index (κ3) is 3.23. The van der Waals surface area contributed by atoms with Gasteiger partial charge in [0.1, 0.15) is 0 Å².